The van der Waals surface area contributed by atoms with Crippen LogP contribution in [0.4, 0.5) is 22.0 Å². The highest BCUT2D eigenvalue weighted by Gasteiger charge is 2.39. The SMILES string of the molecule is O=C(N[C@H]1CC[C@H]1c1ccc(F)cc1F)c1cncnc1C(F)(F)F. The summed E-state index contributed by atoms with van der Waals surface area (Å²) in [5, 5.41) is 2.46. The average Bonchev–Trinajstić information content (AvgIpc) is 2.53. The van der Waals surface area contributed by atoms with Gasteiger partial charge in [-0.1, -0.05) is 6.07 Å². The fourth-order valence-corrected chi connectivity index (χ4v) is 2.82. The van der Waals surface area contributed by atoms with Gasteiger partial charge in [0.1, 0.15) is 18.0 Å². The number of halogens is 5. The molecule has 1 aliphatic carbocycles. The number of aromatic nitrogens is 2. The van der Waals surface area contributed by atoms with E-state index in [9.17, 15) is 26.7 Å². The van der Waals surface area contributed by atoms with Crippen molar-refractivity contribution in [2.24, 2.45) is 0 Å². The fourth-order valence-electron chi connectivity index (χ4n) is 2.82. The zero-order valence-corrected chi connectivity index (χ0v) is 12.6. The Bertz CT molecular complexity index is 809. The minimum absolute atomic E-state index is 0.221. The summed E-state index contributed by atoms with van der Waals surface area (Å²) < 4.78 is 65.6. The van der Waals surface area contributed by atoms with E-state index in [1.54, 1.807) is 0 Å². The van der Waals surface area contributed by atoms with Gasteiger partial charge in [-0.3, -0.25) is 4.79 Å². The van der Waals surface area contributed by atoms with Gasteiger partial charge in [0.25, 0.3) is 5.91 Å². The molecule has 1 aliphatic rings. The van der Waals surface area contributed by atoms with Crippen LogP contribution in [0.3, 0.4) is 0 Å². The molecule has 9 heteroatoms. The number of rotatable bonds is 3. The number of benzene rings is 1. The minimum Gasteiger partial charge on any atom is -0.349 e. The van der Waals surface area contributed by atoms with Crippen molar-refractivity contribution in [3.63, 3.8) is 0 Å². The monoisotopic (exact) mass is 357 g/mol. The molecule has 0 aliphatic heterocycles. The van der Waals surface area contributed by atoms with Gasteiger partial charge in [0.2, 0.25) is 0 Å². The van der Waals surface area contributed by atoms with Crippen LogP contribution in [0.5, 0.6) is 0 Å². The molecular weight excluding hydrogens is 345 g/mol. The fraction of sp³-hybridized carbons (Fsp3) is 0.312. The Hall–Kier alpha value is -2.58. The van der Waals surface area contributed by atoms with E-state index in [-0.39, 0.29) is 5.56 Å². The van der Waals surface area contributed by atoms with Crippen LogP contribution in [0.15, 0.2) is 30.7 Å². The van der Waals surface area contributed by atoms with Gasteiger partial charge in [-0.25, -0.2) is 18.7 Å². The highest BCUT2D eigenvalue weighted by Crippen LogP contribution is 2.38. The lowest BCUT2D eigenvalue weighted by Gasteiger charge is -2.37. The number of alkyl halides is 3. The third-order valence-corrected chi connectivity index (χ3v) is 4.18. The molecular formula is C16H12F5N3O. The number of nitrogens with one attached hydrogen (secondary N) is 1. The standard InChI is InChI=1S/C16H12F5N3O/c17-8-1-2-9(12(18)5-8)10-3-4-13(10)24-15(25)11-6-22-7-23-14(11)16(19,20)21/h1-2,5-7,10,13H,3-4H2,(H,24,25)/t10-,13-/m0/s1. The smallest absolute Gasteiger partial charge is 0.349 e. The van der Waals surface area contributed by atoms with Gasteiger partial charge in [0.05, 0.1) is 5.56 Å². The van der Waals surface area contributed by atoms with Crippen LogP contribution in [0.1, 0.15) is 40.4 Å². The van der Waals surface area contributed by atoms with Crippen LogP contribution in [0.2, 0.25) is 0 Å². The number of hydrogen-bond acceptors (Lipinski definition) is 3. The lowest BCUT2D eigenvalue weighted by Crippen LogP contribution is -2.46. The van der Waals surface area contributed by atoms with Crippen LogP contribution in [0, 0.1) is 11.6 Å². The molecule has 1 heterocycles. The number of nitrogens with zero attached hydrogens (tertiary/aromatic N) is 2. The second-order valence-electron chi connectivity index (χ2n) is 5.71. The molecule has 0 spiro atoms. The molecule has 0 bridgehead atoms. The van der Waals surface area contributed by atoms with Gasteiger partial charge < -0.3 is 5.32 Å². The Balaban J connectivity index is 1.78. The molecule has 0 radical (unpaired) electrons. The van der Waals surface area contributed by atoms with E-state index in [2.05, 4.69) is 15.3 Å². The van der Waals surface area contributed by atoms with Crippen molar-refractivity contribution in [3.05, 3.63) is 59.2 Å². The first-order valence-electron chi connectivity index (χ1n) is 7.40. The predicted octanol–water partition coefficient (Wildman–Crippen LogP) is 3.45. The minimum atomic E-state index is -4.79. The van der Waals surface area contributed by atoms with Gasteiger partial charge in [-0.05, 0) is 24.5 Å². The normalized spacial score (nSPS) is 20.0. The molecule has 4 nitrogen and oxygen atoms in total. The van der Waals surface area contributed by atoms with E-state index >= 15 is 0 Å². The first-order chi connectivity index (χ1) is 11.8. The van der Waals surface area contributed by atoms with E-state index in [1.807, 2.05) is 0 Å². The largest absolute Gasteiger partial charge is 0.434 e. The molecule has 1 saturated carbocycles. The van der Waals surface area contributed by atoms with Crippen molar-refractivity contribution >= 4 is 5.91 Å². The van der Waals surface area contributed by atoms with Gasteiger partial charge >= 0.3 is 6.18 Å². The molecule has 1 N–H and O–H groups in total. The van der Waals surface area contributed by atoms with E-state index in [4.69, 9.17) is 0 Å². The average molecular weight is 357 g/mol. The Kier molecular flexibility index (Phi) is 4.40. The Labute approximate surface area is 139 Å². The number of hydrogen-bond donors (Lipinski definition) is 1. The summed E-state index contributed by atoms with van der Waals surface area (Å²) in [4.78, 5) is 18.8. The highest BCUT2D eigenvalue weighted by atomic mass is 19.4. The van der Waals surface area contributed by atoms with Crippen molar-refractivity contribution in [2.45, 2.75) is 31.0 Å². The first kappa shape index (κ1) is 17.2. The molecule has 0 saturated heterocycles. The third-order valence-electron chi connectivity index (χ3n) is 4.18. The molecule has 2 aromatic rings. The summed E-state index contributed by atoms with van der Waals surface area (Å²) >= 11 is 0. The molecule has 25 heavy (non-hydrogen) atoms. The van der Waals surface area contributed by atoms with Gasteiger partial charge in [-0.15, -0.1) is 0 Å². The van der Waals surface area contributed by atoms with Crippen LogP contribution >= 0.6 is 0 Å². The van der Waals surface area contributed by atoms with Gasteiger partial charge in [0.15, 0.2) is 5.69 Å². The molecule has 3 rings (SSSR count). The molecule has 132 valence electrons. The molecule has 2 atom stereocenters. The third kappa shape index (κ3) is 3.45. The second-order valence-corrected chi connectivity index (χ2v) is 5.71. The van der Waals surface area contributed by atoms with Crippen molar-refractivity contribution in [1.82, 2.24) is 15.3 Å². The number of amides is 1. The van der Waals surface area contributed by atoms with E-state index in [0.717, 1.165) is 18.3 Å². The van der Waals surface area contributed by atoms with Crippen molar-refractivity contribution < 1.29 is 26.7 Å². The maximum absolute atomic E-state index is 13.9. The maximum atomic E-state index is 13.9. The van der Waals surface area contributed by atoms with E-state index in [1.165, 1.54) is 6.07 Å². The topological polar surface area (TPSA) is 54.9 Å². The van der Waals surface area contributed by atoms with Crippen molar-refractivity contribution in [1.29, 1.82) is 0 Å². The van der Waals surface area contributed by atoms with Crippen LogP contribution < -0.4 is 5.32 Å². The van der Waals surface area contributed by atoms with Crippen LogP contribution in [0.25, 0.3) is 0 Å². The lowest BCUT2D eigenvalue weighted by molar-refractivity contribution is -0.141. The van der Waals surface area contributed by atoms with Crippen LogP contribution in [-0.4, -0.2) is 21.9 Å². The Morgan fingerprint density at radius 3 is 2.56 bits per heavy atom. The molecule has 0 unspecified atom stereocenters. The summed E-state index contributed by atoms with van der Waals surface area (Å²) in [5.74, 6) is -2.88. The van der Waals surface area contributed by atoms with Crippen molar-refractivity contribution in [3.8, 4) is 0 Å². The van der Waals surface area contributed by atoms with Crippen molar-refractivity contribution in [2.75, 3.05) is 0 Å². The van der Waals surface area contributed by atoms with Gasteiger partial charge in [0, 0.05) is 24.2 Å². The molecule has 1 amide bonds. The Morgan fingerprint density at radius 1 is 1.20 bits per heavy atom. The lowest BCUT2D eigenvalue weighted by atomic mass is 9.74. The van der Waals surface area contributed by atoms with E-state index in [0.29, 0.717) is 19.2 Å². The molecule has 1 aromatic carbocycles. The number of carbonyl (C=O) groups is 1. The summed E-state index contributed by atoms with van der Waals surface area (Å²) in [6.45, 7) is 0. The second kappa shape index (κ2) is 6.38. The number of carbonyl (C=O) groups excluding carboxylic acids is 1. The first-order valence-corrected chi connectivity index (χ1v) is 7.40. The van der Waals surface area contributed by atoms with Gasteiger partial charge in [-0.2, -0.15) is 13.2 Å². The highest BCUT2D eigenvalue weighted by molar-refractivity contribution is 5.95. The summed E-state index contributed by atoms with van der Waals surface area (Å²) in [6, 6.07) is 2.57. The maximum Gasteiger partial charge on any atom is 0.434 e. The summed E-state index contributed by atoms with van der Waals surface area (Å²) in [5.41, 5.74) is -1.80. The molecule has 1 aromatic heterocycles. The quantitative estimate of drug-likeness (QED) is 0.856. The zero-order valence-electron chi connectivity index (χ0n) is 12.6. The summed E-state index contributed by atoms with van der Waals surface area (Å²) in [7, 11) is 0. The summed E-state index contributed by atoms with van der Waals surface area (Å²) in [6.07, 6.45) is -2.29. The zero-order chi connectivity index (χ0) is 18.2. The Morgan fingerprint density at radius 2 is 1.96 bits per heavy atom. The van der Waals surface area contributed by atoms with Crippen LogP contribution in [-0.2, 0) is 6.18 Å². The molecule has 1 fully saturated rings. The van der Waals surface area contributed by atoms with E-state index < -0.39 is 46.9 Å². The predicted molar refractivity (Wildman–Crippen MR) is 76.6 cm³/mol.